The standard InChI is InChI=1S/C12H17N3O4S2/c1-21(18,19)15-5-2-8(3-6-15)11(17)14-12-9(10(13)16)4-7-20-12/h4,7-8H,2-3,5-6H2,1H3,(H2,13,16)(H,14,17). The van der Waals surface area contributed by atoms with Crippen LogP contribution in [0.1, 0.15) is 23.2 Å². The highest BCUT2D eigenvalue weighted by Crippen LogP contribution is 2.26. The summed E-state index contributed by atoms with van der Waals surface area (Å²) >= 11 is 1.24. The SMILES string of the molecule is CS(=O)(=O)N1CCC(C(=O)Nc2sccc2C(N)=O)CC1. The van der Waals surface area contributed by atoms with Crippen LogP contribution < -0.4 is 11.1 Å². The number of thiophene rings is 1. The number of nitrogens with two attached hydrogens (primary N) is 1. The number of nitrogens with one attached hydrogen (secondary N) is 1. The molecule has 0 atom stereocenters. The highest BCUT2D eigenvalue weighted by Gasteiger charge is 2.29. The third kappa shape index (κ3) is 3.80. The van der Waals surface area contributed by atoms with Gasteiger partial charge in [0.05, 0.1) is 11.8 Å². The van der Waals surface area contributed by atoms with Crippen molar-refractivity contribution in [3.63, 3.8) is 0 Å². The van der Waals surface area contributed by atoms with Gasteiger partial charge in [0.15, 0.2) is 0 Å². The zero-order chi connectivity index (χ0) is 15.6. The number of amides is 2. The van der Waals surface area contributed by atoms with Crippen molar-refractivity contribution in [1.82, 2.24) is 4.31 Å². The molecule has 116 valence electrons. The van der Waals surface area contributed by atoms with Crippen LogP contribution in [0.2, 0.25) is 0 Å². The lowest BCUT2D eigenvalue weighted by atomic mass is 9.97. The Morgan fingerprint density at radius 2 is 2.00 bits per heavy atom. The summed E-state index contributed by atoms with van der Waals surface area (Å²) in [5, 5.41) is 4.83. The highest BCUT2D eigenvalue weighted by atomic mass is 32.2. The molecule has 1 aromatic heterocycles. The number of nitrogens with zero attached hydrogens (tertiary/aromatic N) is 1. The predicted molar refractivity (Wildman–Crippen MR) is 80.6 cm³/mol. The number of piperidine rings is 1. The maximum atomic E-state index is 12.2. The average molecular weight is 331 g/mol. The van der Waals surface area contributed by atoms with Crippen LogP contribution in [-0.2, 0) is 14.8 Å². The lowest BCUT2D eigenvalue weighted by Gasteiger charge is -2.29. The molecule has 21 heavy (non-hydrogen) atoms. The summed E-state index contributed by atoms with van der Waals surface area (Å²) in [6, 6.07) is 1.56. The van der Waals surface area contributed by atoms with Crippen molar-refractivity contribution in [2.45, 2.75) is 12.8 Å². The Kier molecular flexibility index (Phi) is 4.64. The second kappa shape index (κ2) is 6.12. The van der Waals surface area contributed by atoms with E-state index < -0.39 is 15.9 Å². The second-order valence-electron chi connectivity index (χ2n) is 4.95. The summed E-state index contributed by atoms with van der Waals surface area (Å²) in [4.78, 5) is 23.4. The number of carbonyl (C=O) groups excluding carboxylic acids is 2. The minimum absolute atomic E-state index is 0.201. The Morgan fingerprint density at radius 1 is 1.38 bits per heavy atom. The summed E-state index contributed by atoms with van der Waals surface area (Å²) in [5.41, 5.74) is 5.52. The van der Waals surface area contributed by atoms with Gasteiger partial charge in [0.2, 0.25) is 15.9 Å². The Balaban J connectivity index is 1.97. The smallest absolute Gasteiger partial charge is 0.251 e. The number of carbonyl (C=O) groups is 2. The van der Waals surface area contributed by atoms with Crippen molar-refractivity contribution in [2.75, 3.05) is 24.7 Å². The molecule has 0 aliphatic carbocycles. The maximum absolute atomic E-state index is 12.2. The molecule has 0 aromatic carbocycles. The first-order valence-corrected chi connectivity index (χ1v) is 9.15. The summed E-state index contributed by atoms with van der Waals surface area (Å²) in [6.45, 7) is 0.675. The van der Waals surface area contributed by atoms with Gasteiger partial charge in [-0.3, -0.25) is 9.59 Å². The van der Waals surface area contributed by atoms with Crippen LogP contribution in [0.25, 0.3) is 0 Å². The Bertz CT molecular complexity index is 645. The van der Waals surface area contributed by atoms with Gasteiger partial charge in [-0.1, -0.05) is 0 Å². The van der Waals surface area contributed by atoms with Crippen molar-refractivity contribution in [2.24, 2.45) is 11.7 Å². The summed E-state index contributed by atoms with van der Waals surface area (Å²) in [5.74, 6) is -1.04. The van der Waals surface area contributed by atoms with Gasteiger partial charge in [0.25, 0.3) is 5.91 Å². The molecule has 2 amide bonds. The van der Waals surface area contributed by atoms with Gasteiger partial charge >= 0.3 is 0 Å². The summed E-state index contributed by atoms with van der Waals surface area (Å²) in [7, 11) is -3.20. The number of hydrogen-bond donors (Lipinski definition) is 2. The van der Waals surface area contributed by atoms with Gasteiger partial charge in [-0.05, 0) is 24.3 Å². The lowest BCUT2D eigenvalue weighted by Crippen LogP contribution is -2.40. The number of sulfonamides is 1. The van der Waals surface area contributed by atoms with Crippen LogP contribution in [-0.4, -0.2) is 43.9 Å². The third-order valence-corrected chi connectivity index (χ3v) is 5.59. The van der Waals surface area contributed by atoms with Crippen LogP contribution >= 0.6 is 11.3 Å². The fourth-order valence-electron chi connectivity index (χ4n) is 2.26. The van der Waals surface area contributed by atoms with E-state index in [0.717, 1.165) is 6.26 Å². The van der Waals surface area contributed by atoms with Crippen molar-refractivity contribution in [3.8, 4) is 0 Å². The van der Waals surface area contributed by atoms with E-state index in [2.05, 4.69) is 5.32 Å². The van der Waals surface area contributed by atoms with E-state index in [9.17, 15) is 18.0 Å². The zero-order valence-electron chi connectivity index (χ0n) is 11.5. The molecule has 2 heterocycles. The molecule has 0 saturated carbocycles. The minimum atomic E-state index is -3.20. The molecule has 1 saturated heterocycles. The van der Waals surface area contributed by atoms with E-state index in [4.69, 9.17) is 5.73 Å². The van der Waals surface area contributed by atoms with Crippen LogP contribution in [0.15, 0.2) is 11.4 Å². The van der Waals surface area contributed by atoms with Gasteiger partial charge in [0, 0.05) is 19.0 Å². The monoisotopic (exact) mass is 331 g/mol. The normalized spacial score (nSPS) is 17.6. The van der Waals surface area contributed by atoms with Crippen molar-refractivity contribution < 1.29 is 18.0 Å². The van der Waals surface area contributed by atoms with E-state index in [0.29, 0.717) is 36.5 Å². The van der Waals surface area contributed by atoms with Gasteiger partial charge in [-0.25, -0.2) is 12.7 Å². The molecule has 9 heteroatoms. The van der Waals surface area contributed by atoms with Gasteiger partial charge < -0.3 is 11.1 Å². The third-order valence-electron chi connectivity index (χ3n) is 3.46. The zero-order valence-corrected chi connectivity index (χ0v) is 13.2. The maximum Gasteiger partial charge on any atom is 0.251 e. The van der Waals surface area contributed by atoms with Gasteiger partial charge in [0.1, 0.15) is 5.00 Å². The minimum Gasteiger partial charge on any atom is -0.366 e. The molecular weight excluding hydrogens is 314 g/mol. The van der Waals surface area contributed by atoms with Crippen molar-refractivity contribution in [3.05, 3.63) is 17.0 Å². The van der Waals surface area contributed by atoms with E-state index >= 15 is 0 Å². The van der Waals surface area contributed by atoms with Gasteiger partial charge in [-0.15, -0.1) is 11.3 Å². The molecule has 1 fully saturated rings. The largest absolute Gasteiger partial charge is 0.366 e. The molecule has 1 aliphatic rings. The average Bonchev–Trinajstić information content (AvgIpc) is 2.86. The molecule has 0 spiro atoms. The first-order chi connectivity index (χ1) is 9.79. The predicted octanol–water partition coefficient (Wildman–Crippen LogP) is 0.457. The molecule has 2 rings (SSSR count). The van der Waals surface area contributed by atoms with Gasteiger partial charge in [-0.2, -0.15) is 0 Å². The van der Waals surface area contributed by atoms with Crippen molar-refractivity contribution >= 4 is 38.2 Å². The molecule has 1 aliphatic heterocycles. The summed E-state index contributed by atoms with van der Waals surface area (Å²) in [6.07, 6.45) is 2.10. The topological polar surface area (TPSA) is 110 Å². The van der Waals surface area contributed by atoms with E-state index in [1.54, 1.807) is 11.4 Å². The molecule has 1 aromatic rings. The van der Waals surface area contributed by atoms with E-state index in [1.807, 2.05) is 0 Å². The number of anilines is 1. The van der Waals surface area contributed by atoms with Crippen LogP contribution in [0.3, 0.4) is 0 Å². The quantitative estimate of drug-likeness (QED) is 0.835. The fraction of sp³-hybridized carbons (Fsp3) is 0.500. The Hall–Kier alpha value is -1.45. The summed E-state index contributed by atoms with van der Waals surface area (Å²) < 4.78 is 24.2. The second-order valence-corrected chi connectivity index (χ2v) is 7.85. The molecule has 3 N–H and O–H groups in total. The van der Waals surface area contributed by atoms with Crippen LogP contribution in [0.4, 0.5) is 5.00 Å². The van der Waals surface area contributed by atoms with Crippen molar-refractivity contribution in [1.29, 1.82) is 0 Å². The van der Waals surface area contributed by atoms with E-state index in [1.165, 1.54) is 15.6 Å². The molecule has 0 bridgehead atoms. The van der Waals surface area contributed by atoms with Crippen LogP contribution in [0, 0.1) is 5.92 Å². The number of hydrogen-bond acceptors (Lipinski definition) is 5. The van der Waals surface area contributed by atoms with E-state index in [-0.39, 0.29) is 11.8 Å². The number of primary amides is 1. The molecular formula is C12H17N3O4S2. The first kappa shape index (κ1) is 15.9. The Morgan fingerprint density at radius 3 is 2.52 bits per heavy atom. The molecule has 7 nitrogen and oxygen atoms in total. The Labute approximate surface area is 127 Å². The molecule has 0 radical (unpaired) electrons. The highest BCUT2D eigenvalue weighted by molar-refractivity contribution is 7.88. The van der Waals surface area contributed by atoms with Crippen LogP contribution in [0.5, 0.6) is 0 Å². The molecule has 0 unspecified atom stereocenters. The number of rotatable bonds is 4. The fourth-order valence-corrected chi connectivity index (χ4v) is 3.93. The first-order valence-electron chi connectivity index (χ1n) is 6.42. The lowest BCUT2D eigenvalue weighted by molar-refractivity contribution is -0.120.